The molecule has 7 heteroatoms. The molecule has 0 unspecified atom stereocenters. The number of anilines is 2. The van der Waals surface area contributed by atoms with Crippen molar-refractivity contribution in [3.05, 3.63) is 89.7 Å². The van der Waals surface area contributed by atoms with Gasteiger partial charge in [-0.15, -0.1) is 0 Å². The van der Waals surface area contributed by atoms with Gasteiger partial charge in [0.1, 0.15) is 11.6 Å². The summed E-state index contributed by atoms with van der Waals surface area (Å²) in [5.41, 5.74) is 2.68. The summed E-state index contributed by atoms with van der Waals surface area (Å²) >= 11 is 0. The minimum absolute atomic E-state index is 0.105. The summed E-state index contributed by atoms with van der Waals surface area (Å²) in [7, 11) is 1.55. The number of urea groups is 1. The number of ether oxygens (including phenoxy) is 1. The van der Waals surface area contributed by atoms with Crippen molar-refractivity contribution in [3.63, 3.8) is 0 Å². The number of halogens is 1. The lowest BCUT2D eigenvalue weighted by Crippen LogP contribution is -2.49. The van der Waals surface area contributed by atoms with E-state index in [4.69, 9.17) is 4.74 Å². The summed E-state index contributed by atoms with van der Waals surface area (Å²) in [5, 5.41) is 2.84. The van der Waals surface area contributed by atoms with Gasteiger partial charge in [0.25, 0.3) is 5.91 Å². The average Bonchev–Trinajstić information content (AvgIpc) is 2.82. The number of hydrogen-bond acceptors (Lipinski definition) is 3. The molecule has 6 nitrogen and oxygen atoms in total. The zero-order valence-corrected chi connectivity index (χ0v) is 17.8. The van der Waals surface area contributed by atoms with Crippen molar-refractivity contribution in [2.24, 2.45) is 0 Å². The fourth-order valence-corrected chi connectivity index (χ4v) is 3.71. The van der Waals surface area contributed by atoms with E-state index in [0.29, 0.717) is 36.6 Å². The van der Waals surface area contributed by atoms with E-state index in [1.165, 1.54) is 12.1 Å². The van der Waals surface area contributed by atoms with E-state index in [-0.39, 0.29) is 17.8 Å². The molecule has 1 saturated heterocycles. The second kappa shape index (κ2) is 9.51. The maximum absolute atomic E-state index is 13.2. The zero-order chi connectivity index (χ0) is 22.5. The van der Waals surface area contributed by atoms with E-state index >= 15 is 0 Å². The molecule has 3 aromatic rings. The highest BCUT2D eigenvalue weighted by molar-refractivity contribution is 6.05. The summed E-state index contributed by atoms with van der Waals surface area (Å²) < 4.78 is 18.4. The van der Waals surface area contributed by atoms with Crippen molar-refractivity contribution in [3.8, 4) is 5.75 Å². The van der Waals surface area contributed by atoms with E-state index in [1.807, 2.05) is 12.1 Å². The molecule has 1 N–H and O–H groups in total. The molecule has 0 aromatic heterocycles. The molecule has 0 atom stereocenters. The highest BCUT2D eigenvalue weighted by Crippen LogP contribution is 2.25. The molecular weight excluding hydrogens is 409 g/mol. The molecule has 1 heterocycles. The van der Waals surface area contributed by atoms with E-state index < -0.39 is 0 Å². The van der Waals surface area contributed by atoms with Crippen molar-refractivity contribution in [1.29, 1.82) is 0 Å². The lowest BCUT2D eigenvalue weighted by molar-refractivity contribution is 0.102. The Hall–Kier alpha value is -3.87. The first kappa shape index (κ1) is 21.4. The number of rotatable bonds is 6. The van der Waals surface area contributed by atoms with Crippen molar-refractivity contribution in [2.45, 2.75) is 13.0 Å². The van der Waals surface area contributed by atoms with Crippen LogP contribution in [0.1, 0.15) is 22.3 Å². The number of carbonyl (C=O) groups excluding carboxylic acids is 2. The Morgan fingerprint density at radius 2 is 1.72 bits per heavy atom. The molecule has 1 fully saturated rings. The Bertz CT molecular complexity index is 1100. The molecule has 0 saturated carbocycles. The van der Waals surface area contributed by atoms with Gasteiger partial charge >= 0.3 is 6.03 Å². The minimum Gasteiger partial charge on any atom is -0.495 e. The normalized spacial score (nSPS) is 13.8. The maximum Gasteiger partial charge on any atom is 0.324 e. The van der Waals surface area contributed by atoms with Crippen LogP contribution in [-0.4, -0.2) is 37.0 Å². The minimum atomic E-state index is -0.296. The molecule has 4 rings (SSSR count). The standard InChI is InChI=1S/C25H24FN3O3/c1-32-23-6-3-2-5-22(23)27-24(30)19-9-13-21(14-10-19)29-16-4-15-28(25(29)31)17-18-7-11-20(26)12-8-18/h2-3,5-14H,4,15-17H2,1H3,(H,27,30). The fourth-order valence-electron chi connectivity index (χ4n) is 3.71. The largest absolute Gasteiger partial charge is 0.495 e. The van der Waals surface area contributed by atoms with Crippen molar-refractivity contribution in [2.75, 3.05) is 30.4 Å². The van der Waals surface area contributed by atoms with Crippen LogP contribution in [0.2, 0.25) is 0 Å². The first-order chi connectivity index (χ1) is 15.5. The van der Waals surface area contributed by atoms with E-state index in [2.05, 4.69) is 5.32 Å². The summed E-state index contributed by atoms with van der Waals surface area (Å²) in [6.07, 6.45) is 0.822. The summed E-state index contributed by atoms with van der Waals surface area (Å²) in [6.45, 7) is 1.67. The van der Waals surface area contributed by atoms with Crippen LogP contribution in [-0.2, 0) is 6.54 Å². The van der Waals surface area contributed by atoms with Crippen LogP contribution >= 0.6 is 0 Å². The SMILES string of the molecule is COc1ccccc1NC(=O)c1ccc(N2CCCN(Cc3ccc(F)cc3)C2=O)cc1. The van der Waals surface area contributed by atoms with Gasteiger partial charge in [-0.25, -0.2) is 9.18 Å². The smallest absolute Gasteiger partial charge is 0.324 e. The monoisotopic (exact) mass is 433 g/mol. The number of nitrogens with zero attached hydrogens (tertiary/aromatic N) is 2. The number of hydrogen-bond donors (Lipinski definition) is 1. The van der Waals surface area contributed by atoms with E-state index in [9.17, 15) is 14.0 Å². The van der Waals surface area contributed by atoms with Gasteiger partial charge in [-0.05, 0) is 60.5 Å². The van der Waals surface area contributed by atoms with Gasteiger partial charge in [-0.3, -0.25) is 9.69 Å². The van der Waals surface area contributed by atoms with Gasteiger partial charge in [0.15, 0.2) is 0 Å². The molecule has 3 amide bonds. The first-order valence-electron chi connectivity index (χ1n) is 10.4. The summed E-state index contributed by atoms with van der Waals surface area (Å²) in [5.74, 6) is 0.0248. The van der Waals surface area contributed by atoms with Gasteiger partial charge in [0.05, 0.1) is 12.8 Å². The number of methoxy groups -OCH3 is 1. The van der Waals surface area contributed by atoms with E-state index in [1.54, 1.807) is 65.4 Å². The number of benzene rings is 3. The molecule has 0 spiro atoms. The molecule has 0 radical (unpaired) electrons. The molecule has 1 aliphatic heterocycles. The van der Waals surface area contributed by atoms with Gasteiger partial charge < -0.3 is 15.0 Å². The lowest BCUT2D eigenvalue weighted by Gasteiger charge is -2.35. The molecule has 1 aliphatic rings. The highest BCUT2D eigenvalue weighted by atomic mass is 19.1. The zero-order valence-electron chi connectivity index (χ0n) is 17.8. The number of para-hydroxylation sites is 2. The molecule has 0 bridgehead atoms. The Balaban J connectivity index is 1.44. The quantitative estimate of drug-likeness (QED) is 0.600. The molecule has 164 valence electrons. The topological polar surface area (TPSA) is 61.9 Å². The summed E-state index contributed by atoms with van der Waals surface area (Å²) in [4.78, 5) is 29.1. The third-order valence-electron chi connectivity index (χ3n) is 5.39. The first-order valence-corrected chi connectivity index (χ1v) is 10.4. The van der Waals surface area contributed by atoms with Crippen LogP contribution < -0.4 is 15.0 Å². The Labute approximate surface area is 186 Å². The third kappa shape index (κ3) is 4.72. The van der Waals surface area contributed by atoms with Crippen LogP contribution in [0.25, 0.3) is 0 Å². The number of amides is 3. The van der Waals surface area contributed by atoms with Crippen molar-refractivity contribution >= 4 is 23.3 Å². The van der Waals surface area contributed by atoms with Crippen molar-refractivity contribution < 1.29 is 18.7 Å². The van der Waals surface area contributed by atoms with Crippen LogP contribution in [0.5, 0.6) is 5.75 Å². The van der Waals surface area contributed by atoms with Crippen LogP contribution in [0.4, 0.5) is 20.6 Å². The van der Waals surface area contributed by atoms with Gasteiger partial charge in [0.2, 0.25) is 0 Å². The van der Waals surface area contributed by atoms with Crippen molar-refractivity contribution in [1.82, 2.24) is 4.90 Å². The summed E-state index contributed by atoms with van der Waals surface area (Å²) in [6, 6.07) is 20.2. The molecule has 32 heavy (non-hydrogen) atoms. The van der Waals surface area contributed by atoms with Gasteiger partial charge in [-0.1, -0.05) is 24.3 Å². The number of carbonyl (C=O) groups is 2. The maximum atomic E-state index is 13.2. The molecular formula is C25H24FN3O3. The lowest BCUT2D eigenvalue weighted by atomic mass is 10.1. The van der Waals surface area contributed by atoms with Crippen LogP contribution in [0, 0.1) is 5.82 Å². The fraction of sp³-hybridized carbons (Fsp3) is 0.200. The van der Waals surface area contributed by atoms with Gasteiger partial charge in [0, 0.05) is 30.9 Å². The van der Waals surface area contributed by atoms with Crippen LogP contribution in [0.15, 0.2) is 72.8 Å². The predicted molar refractivity (Wildman–Crippen MR) is 122 cm³/mol. The molecule has 0 aliphatic carbocycles. The second-order valence-corrected chi connectivity index (χ2v) is 7.54. The number of nitrogens with one attached hydrogen (secondary N) is 1. The Kier molecular flexibility index (Phi) is 6.35. The second-order valence-electron chi connectivity index (χ2n) is 7.54. The predicted octanol–water partition coefficient (Wildman–Crippen LogP) is 4.92. The Morgan fingerprint density at radius 1 is 1.00 bits per heavy atom. The van der Waals surface area contributed by atoms with Crippen LogP contribution in [0.3, 0.4) is 0 Å². The molecule has 3 aromatic carbocycles. The Morgan fingerprint density at radius 3 is 2.44 bits per heavy atom. The highest BCUT2D eigenvalue weighted by Gasteiger charge is 2.27. The average molecular weight is 433 g/mol. The third-order valence-corrected chi connectivity index (χ3v) is 5.39. The van der Waals surface area contributed by atoms with Gasteiger partial charge in [-0.2, -0.15) is 0 Å². The van der Waals surface area contributed by atoms with E-state index in [0.717, 1.165) is 17.7 Å².